The summed E-state index contributed by atoms with van der Waals surface area (Å²) in [5.74, 6) is 0. The zero-order valence-corrected chi connectivity index (χ0v) is 22.5. The Hall–Kier alpha value is -0.246. The van der Waals surface area contributed by atoms with Gasteiger partial charge in [-0.3, -0.25) is 0 Å². The Balaban J connectivity index is 5.33. The molecule has 0 spiro atoms. The molecule has 0 radical (unpaired) electrons. The van der Waals surface area contributed by atoms with Gasteiger partial charge in [0.2, 0.25) is 0 Å². The van der Waals surface area contributed by atoms with Crippen LogP contribution in [0, 0.1) is 0 Å². The van der Waals surface area contributed by atoms with Crippen molar-refractivity contribution in [3.05, 3.63) is 24.3 Å². The van der Waals surface area contributed by atoms with Crippen LogP contribution >= 0.6 is 0 Å². The van der Waals surface area contributed by atoms with Crippen LogP contribution in [0.15, 0.2) is 24.3 Å². The largest absolute Gasteiger partial charge is 0.413 e. The van der Waals surface area contributed by atoms with Gasteiger partial charge in [0, 0.05) is 7.11 Å². The third kappa shape index (κ3) is 9.05. The van der Waals surface area contributed by atoms with Crippen molar-refractivity contribution in [1.82, 2.24) is 0 Å². The smallest absolute Gasteiger partial charge is 0.193 e. The Kier molecular flexibility index (Phi) is 11.1. The molecule has 0 N–H and O–H groups in total. The Morgan fingerprint density at radius 3 is 1.79 bits per heavy atom. The van der Waals surface area contributed by atoms with Gasteiger partial charge in [0.15, 0.2) is 16.6 Å². The molecule has 0 aromatic rings. The van der Waals surface area contributed by atoms with E-state index in [1.165, 1.54) is 0 Å². The van der Waals surface area contributed by atoms with Crippen LogP contribution in [0.4, 0.5) is 0 Å². The summed E-state index contributed by atoms with van der Waals surface area (Å²) in [5.41, 5.74) is 0. The summed E-state index contributed by atoms with van der Waals surface area (Å²) in [6.45, 7) is 25.4. The molecular weight excluding hydrogens is 384 g/mol. The van der Waals surface area contributed by atoms with Gasteiger partial charge in [0.25, 0.3) is 0 Å². The van der Waals surface area contributed by atoms with Crippen LogP contribution in [0.2, 0.25) is 36.3 Å². The van der Waals surface area contributed by atoms with Crippen molar-refractivity contribution in [2.75, 3.05) is 20.5 Å². The minimum atomic E-state index is -1.94. The lowest BCUT2D eigenvalue weighted by molar-refractivity contribution is -0.0809. The van der Waals surface area contributed by atoms with E-state index < -0.39 is 16.6 Å². The van der Waals surface area contributed by atoms with Crippen LogP contribution in [0.25, 0.3) is 0 Å². The standard InChI is InChI=1S/C22H46O4Si2/c1-13-15-20(26-28(11,12)22(5,6)7)19(24-18-23-8)16-14-17-25-27(9,10)21(2,3)4/h13-16,19-20H,17-18H2,1-12H3/b15-13+,16-14+/t19-,20-/m0/s1. The highest BCUT2D eigenvalue weighted by Gasteiger charge is 2.40. The highest BCUT2D eigenvalue weighted by Crippen LogP contribution is 2.38. The predicted molar refractivity (Wildman–Crippen MR) is 126 cm³/mol. The molecule has 0 aromatic heterocycles. The second-order valence-corrected chi connectivity index (χ2v) is 20.0. The van der Waals surface area contributed by atoms with Gasteiger partial charge in [-0.15, -0.1) is 0 Å². The van der Waals surface area contributed by atoms with E-state index in [9.17, 15) is 0 Å². The average molecular weight is 431 g/mol. The molecule has 0 saturated heterocycles. The van der Waals surface area contributed by atoms with Gasteiger partial charge in [-0.05, 0) is 43.2 Å². The molecule has 0 bridgehead atoms. The first-order valence-corrected chi connectivity index (χ1v) is 16.1. The monoisotopic (exact) mass is 430 g/mol. The number of rotatable bonds is 11. The molecule has 28 heavy (non-hydrogen) atoms. The van der Waals surface area contributed by atoms with Crippen LogP contribution in [0.5, 0.6) is 0 Å². The van der Waals surface area contributed by atoms with Crippen molar-refractivity contribution >= 4 is 16.6 Å². The maximum atomic E-state index is 6.64. The van der Waals surface area contributed by atoms with E-state index >= 15 is 0 Å². The number of hydrogen-bond acceptors (Lipinski definition) is 4. The topological polar surface area (TPSA) is 36.9 Å². The Morgan fingerprint density at radius 2 is 1.36 bits per heavy atom. The summed E-state index contributed by atoms with van der Waals surface area (Å²) in [6, 6.07) is 0. The van der Waals surface area contributed by atoms with Gasteiger partial charge in [0.1, 0.15) is 12.9 Å². The quantitative estimate of drug-likeness (QED) is 0.212. The van der Waals surface area contributed by atoms with Crippen molar-refractivity contribution in [2.24, 2.45) is 0 Å². The number of methoxy groups -OCH3 is 1. The van der Waals surface area contributed by atoms with Gasteiger partial charge in [-0.2, -0.15) is 0 Å². The zero-order valence-electron chi connectivity index (χ0n) is 20.5. The molecule has 0 unspecified atom stereocenters. The molecule has 0 fully saturated rings. The van der Waals surface area contributed by atoms with Crippen molar-refractivity contribution in [2.45, 2.75) is 96.9 Å². The fourth-order valence-corrected chi connectivity index (χ4v) is 4.18. The van der Waals surface area contributed by atoms with E-state index in [4.69, 9.17) is 18.3 Å². The summed E-state index contributed by atoms with van der Waals surface area (Å²) >= 11 is 0. The molecule has 0 saturated carbocycles. The van der Waals surface area contributed by atoms with E-state index in [2.05, 4.69) is 86.0 Å². The minimum Gasteiger partial charge on any atom is -0.413 e. The second-order valence-electron chi connectivity index (χ2n) is 10.4. The van der Waals surface area contributed by atoms with Crippen molar-refractivity contribution in [3.63, 3.8) is 0 Å². The van der Waals surface area contributed by atoms with Gasteiger partial charge >= 0.3 is 0 Å². The van der Waals surface area contributed by atoms with E-state index in [0.717, 1.165) is 0 Å². The first-order chi connectivity index (χ1) is 12.6. The normalized spacial score (nSPS) is 16.9. The summed E-state index contributed by atoms with van der Waals surface area (Å²) in [6.07, 6.45) is 7.87. The molecule has 0 heterocycles. The molecule has 2 atom stereocenters. The minimum absolute atomic E-state index is 0.133. The Morgan fingerprint density at radius 1 is 0.821 bits per heavy atom. The lowest BCUT2D eigenvalue weighted by atomic mass is 10.2. The highest BCUT2D eigenvalue weighted by molar-refractivity contribution is 6.74. The SMILES string of the molecule is C/C=C/[C@H](O[Si](C)(C)C(C)(C)C)[C@H](/C=C/CO[Si](C)(C)C(C)(C)C)OCOC. The maximum Gasteiger partial charge on any atom is 0.193 e. The third-order valence-corrected chi connectivity index (χ3v) is 15.0. The molecule has 166 valence electrons. The summed E-state index contributed by atoms with van der Waals surface area (Å²) in [7, 11) is -2.06. The van der Waals surface area contributed by atoms with Crippen LogP contribution in [-0.4, -0.2) is 49.4 Å². The molecule has 0 rings (SSSR count). The van der Waals surface area contributed by atoms with Crippen LogP contribution in [-0.2, 0) is 18.3 Å². The van der Waals surface area contributed by atoms with Crippen molar-refractivity contribution < 1.29 is 18.3 Å². The molecule has 0 amide bonds. The fraction of sp³-hybridized carbons (Fsp3) is 0.818. The number of ether oxygens (including phenoxy) is 2. The summed E-state index contributed by atoms with van der Waals surface area (Å²) < 4.78 is 24.0. The van der Waals surface area contributed by atoms with E-state index in [0.29, 0.717) is 6.61 Å². The number of allylic oxidation sites excluding steroid dienone is 1. The maximum absolute atomic E-state index is 6.64. The Labute approximate surface area is 176 Å². The Bertz CT molecular complexity index is 500. The molecule has 0 aromatic carbocycles. The van der Waals surface area contributed by atoms with Crippen LogP contribution in [0.1, 0.15) is 48.5 Å². The molecular formula is C22H46O4Si2. The molecule has 0 aliphatic rings. The first kappa shape index (κ1) is 27.8. The molecule has 4 nitrogen and oxygen atoms in total. The number of hydrogen-bond donors (Lipinski definition) is 0. The van der Waals surface area contributed by atoms with Gasteiger partial charge in [-0.25, -0.2) is 0 Å². The molecule has 0 aliphatic carbocycles. The van der Waals surface area contributed by atoms with E-state index in [1.807, 2.05) is 13.0 Å². The average Bonchev–Trinajstić information content (AvgIpc) is 2.51. The first-order valence-electron chi connectivity index (χ1n) is 10.3. The zero-order chi connectivity index (χ0) is 22.2. The van der Waals surface area contributed by atoms with E-state index in [-0.39, 0.29) is 29.1 Å². The second kappa shape index (κ2) is 11.2. The fourth-order valence-electron chi connectivity index (χ4n) is 1.99. The summed E-state index contributed by atoms with van der Waals surface area (Å²) in [4.78, 5) is 0. The van der Waals surface area contributed by atoms with Gasteiger partial charge < -0.3 is 18.3 Å². The highest BCUT2D eigenvalue weighted by atomic mass is 28.4. The molecule has 0 aliphatic heterocycles. The lowest BCUT2D eigenvalue weighted by Gasteiger charge is -2.40. The van der Waals surface area contributed by atoms with Crippen LogP contribution < -0.4 is 0 Å². The van der Waals surface area contributed by atoms with Crippen molar-refractivity contribution in [3.8, 4) is 0 Å². The van der Waals surface area contributed by atoms with Crippen LogP contribution in [0.3, 0.4) is 0 Å². The van der Waals surface area contributed by atoms with Crippen molar-refractivity contribution in [1.29, 1.82) is 0 Å². The molecule has 6 heteroatoms. The predicted octanol–water partition coefficient (Wildman–Crippen LogP) is 6.52. The summed E-state index contributed by atoms with van der Waals surface area (Å²) in [5, 5.41) is 0.333. The van der Waals surface area contributed by atoms with E-state index in [1.54, 1.807) is 7.11 Å². The lowest BCUT2D eigenvalue weighted by Crippen LogP contribution is -2.46. The third-order valence-electron chi connectivity index (χ3n) is 5.99. The van der Waals surface area contributed by atoms with Gasteiger partial charge in [-0.1, -0.05) is 65.8 Å². The van der Waals surface area contributed by atoms with Gasteiger partial charge in [0.05, 0.1) is 12.7 Å².